The quantitative estimate of drug-likeness (QED) is 0.166. The molecule has 0 aromatic heterocycles. The second kappa shape index (κ2) is 18.3. The molecule has 1 fully saturated rings. The van der Waals surface area contributed by atoms with E-state index in [1.165, 1.54) is 81.9 Å². The van der Waals surface area contributed by atoms with E-state index in [1.807, 2.05) is 13.8 Å². The second-order valence-electron chi connectivity index (χ2n) is 9.59. The summed E-state index contributed by atoms with van der Waals surface area (Å²) in [7, 11) is 0. The van der Waals surface area contributed by atoms with E-state index in [9.17, 15) is 9.59 Å². The van der Waals surface area contributed by atoms with Crippen molar-refractivity contribution in [3.8, 4) is 0 Å². The van der Waals surface area contributed by atoms with Gasteiger partial charge in [-0.1, -0.05) is 104 Å². The van der Waals surface area contributed by atoms with Crippen molar-refractivity contribution in [1.82, 2.24) is 4.90 Å². The molecule has 1 heterocycles. The maximum absolute atomic E-state index is 12.4. The van der Waals surface area contributed by atoms with Gasteiger partial charge in [0.1, 0.15) is 6.04 Å². The Morgan fingerprint density at radius 3 is 1.84 bits per heavy atom. The zero-order valence-corrected chi connectivity index (χ0v) is 20.7. The summed E-state index contributed by atoms with van der Waals surface area (Å²) in [6.07, 6.45) is 19.5. The molecule has 1 aliphatic rings. The summed E-state index contributed by atoms with van der Waals surface area (Å²) < 4.78 is 10.7. The van der Waals surface area contributed by atoms with Crippen molar-refractivity contribution in [3.63, 3.8) is 0 Å². The molecule has 0 N–H and O–H groups in total. The number of hydrogen-bond acceptors (Lipinski definition) is 4. The number of ether oxygens (including phenoxy) is 2. The number of nitrogens with zero attached hydrogens (tertiary/aromatic N) is 1. The van der Waals surface area contributed by atoms with Gasteiger partial charge >= 0.3 is 12.1 Å². The van der Waals surface area contributed by atoms with Crippen LogP contribution in [0.4, 0.5) is 4.79 Å². The Morgan fingerprint density at radius 1 is 0.806 bits per heavy atom. The first-order chi connectivity index (χ1) is 15.1. The minimum atomic E-state index is -0.466. The van der Waals surface area contributed by atoms with E-state index in [1.54, 1.807) is 0 Å². The Bertz CT molecular complexity index is 466. The monoisotopic (exact) mass is 439 g/mol. The van der Waals surface area contributed by atoms with Crippen molar-refractivity contribution in [2.24, 2.45) is 5.92 Å². The maximum atomic E-state index is 12.4. The largest absolute Gasteiger partial charge is 0.464 e. The number of carbonyl (C=O) groups excluding carboxylic acids is 2. The summed E-state index contributed by atoms with van der Waals surface area (Å²) in [5, 5.41) is 0. The number of hydrogen-bond donors (Lipinski definition) is 0. The molecule has 31 heavy (non-hydrogen) atoms. The normalized spacial score (nSPS) is 16.1. The van der Waals surface area contributed by atoms with Gasteiger partial charge in [0.05, 0.1) is 13.2 Å². The molecular weight excluding hydrogens is 390 g/mol. The smallest absolute Gasteiger partial charge is 0.410 e. The predicted molar refractivity (Wildman–Crippen MR) is 127 cm³/mol. The fourth-order valence-electron chi connectivity index (χ4n) is 4.12. The molecule has 1 atom stereocenters. The van der Waals surface area contributed by atoms with Gasteiger partial charge in [0.2, 0.25) is 0 Å². The first kappa shape index (κ1) is 27.8. The van der Waals surface area contributed by atoms with Crippen LogP contribution in [-0.2, 0) is 14.3 Å². The van der Waals surface area contributed by atoms with E-state index in [-0.39, 0.29) is 18.0 Å². The molecular formula is C26H49NO4. The van der Waals surface area contributed by atoms with Gasteiger partial charge in [0.15, 0.2) is 0 Å². The molecule has 5 heteroatoms. The van der Waals surface area contributed by atoms with Crippen LogP contribution in [0.5, 0.6) is 0 Å². The highest BCUT2D eigenvalue weighted by molar-refractivity contribution is 5.82. The lowest BCUT2D eigenvalue weighted by atomic mass is 10.0. The number of carbonyl (C=O) groups is 2. The highest BCUT2D eigenvalue weighted by Gasteiger charge is 2.36. The van der Waals surface area contributed by atoms with Gasteiger partial charge < -0.3 is 9.47 Å². The zero-order chi connectivity index (χ0) is 22.7. The van der Waals surface area contributed by atoms with Crippen molar-refractivity contribution in [1.29, 1.82) is 0 Å². The molecule has 1 amide bonds. The van der Waals surface area contributed by atoms with E-state index in [4.69, 9.17) is 9.47 Å². The van der Waals surface area contributed by atoms with Gasteiger partial charge in [-0.3, -0.25) is 4.90 Å². The highest BCUT2D eigenvalue weighted by atomic mass is 16.6. The molecule has 182 valence electrons. The van der Waals surface area contributed by atoms with Gasteiger partial charge in [-0.2, -0.15) is 0 Å². The Balaban J connectivity index is 1.95. The Kier molecular flexibility index (Phi) is 16.4. The van der Waals surface area contributed by atoms with Crippen LogP contribution >= 0.6 is 0 Å². The van der Waals surface area contributed by atoms with Gasteiger partial charge in [0, 0.05) is 6.54 Å². The van der Waals surface area contributed by atoms with Crippen molar-refractivity contribution < 1.29 is 19.1 Å². The minimum absolute atomic E-state index is 0.270. The van der Waals surface area contributed by atoms with Gasteiger partial charge in [-0.25, -0.2) is 9.59 Å². The molecule has 0 aliphatic carbocycles. The second-order valence-corrected chi connectivity index (χ2v) is 9.59. The SMILES string of the molecule is CCCCCCCCCCCCCCCCOC(=O)C1CCCN1C(=O)OCC(C)C. The number of likely N-dealkylation sites (tertiary alicyclic amines) is 1. The molecule has 1 aliphatic heterocycles. The standard InChI is InChI=1S/C26H49NO4/c1-4-5-6-7-8-9-10-11-12-13-14-15-16-17-21-30-25(28)24-19-18-20-27(24)26(29)31-22-23(2)3/h23-24H,4-22H2,1-3H3. The van der Waals surface area contributed by atoms with Crippen LogP contribution in [0.2, 0.25) is 0 Å². The van der Waals surface area contributed by atoms with Gasteiger partial charge in [-0.15, -0.1) is 0 Å². The van der Waals surface area contributed by atoms with Crippen molar-refractivity contribution in [3.05, 3.63) is 0 Å². The highest BCUT2D eigenvalue weighted by Crippen LogP contribution is 2.20. The number of rotatable bonds is 18. The Hall–Kier alpha value is -1.26. The molecule has 0 saturated carbocycles. The van der Waals surface area contributed by atoms with Crippen LogP contribution in [-0.4, -0.2) is 42.8 Å². The van der Waals surface area contributed by atoms with Gasteiger partial charge in [0.25, 0.3) is 0 Å². The number of unbranched alkanes of at least 4 members (excludes halogenated alkanes) is 13. The molecule has 1 saturated heterocycles. The fourth-order valence-corrected chi connectivity index (χ4v) is 4.12. The first-order valence-corrected chi connectivity index (χ1v) is 13.2. The van der Waals surface area contributed by atoms with E-state index < -0.39 is 6.04 Å². The van der Waals surface area contributed by atoms with Crippen LogP contribution < -0.4 is 0 Å². The third kappa shape index (κ3) is 13.7. The van der Waals surface area contributed by atoms with Crippen molar-refractivity contribution >= 4 is 12.1 Å². The average Bonchev–Trinajstić information content (AvgIpc) is 3.24. The molecule has 1 unspecified atom stereocenters. The summed E-state index contributed by atoms with van der Waals surface area (Å²) in [6.45, 7) is 7.69. The van der Waals surface area contributed by atoms with E-state index in [2.05, 4.69) is 6.92 Å². The summed E-state index contributed by atoms with van der Waals surface area (Å²) in [5.41, 5.74) is 0. The number of amides is 1. The maximum Gasteiger partial charge on any atom is 0.410 e. The molecule has 0 aromatic carbocycles. The van der Waals surface area contributed by atoms with E-state index >= 15 is 0 Å². The summed E-state index contributed by atoms with van der Waals surface area (Å²) in [4.78, 5) is 26.1. The first-order valence-electron chi connectivity index (χ1n) is 13.2. The topological polar surface area (TPSA) is 55.8 Å². The number of esters is 1. The van der Waals surface area contributed by atoms with Crippen LogP contribution in [0.3, 0.4) is 0 Å². The molecule has 0 radical (unpaired) electrons. The zero-order valence-electron chi connectivity index (χ0n) is 20.7. The van der Waals surface area contributed by atoms with E-state index in [0.717, 1.165) is 19.3 Å². The molecule has 5 nitrogen and oxygen atoms in total. The van der Waals surface area contributed by atoms with Crippen LogP contribution in [0.25, 0.3) is 0 Å². The third-order valence-corrected chi connectivity index (χ3v) is 6.04. The van der Waals surface area contributed by atoms with Crippen LogP contribution in [0.15, 0.2) is 0 Å². The van der Waals surface area contributed by atoms with Crippen molar-refractivity contribution in [2.45, 2.75) is 130 Å². The van der Waals surface area contributed by atoms with Crippen LogP contribution in [0, 0.1) is 5.92 Å². The third-order valence-electron chi connectivity index (χ3n) is 6.04. The Morgan fingerprint density at radius 2 is 1.32 bits per heavy atom. The molecule has 0 spiro atoms. The summed E-state index contributed by atoms with van der Waals surface area (Å²) >= 11 is 0. The molecule has 0 aromatic rings. The average molecular weight is 440 g/mol. The lowest BCUT2D eigenvalue weighted by molar-refractivity contribution is -0.148. The molecule has 1 rings (SSSR count). The molecule has 0 bridgehead atoms. The fraction of sp³-hybridized carbons (Fsp3) is 0.923. The minimum Gasteiger partial charge on any atom is -0.464 e. The van der Waals surface area contributed by atoms with Crippen LogP contribution in [0.1, 0.15) is 124 Å². The van der Waals surface area contributed by atoms with Gasteiger partial charge in [-0.05, 0) is 25.2 Å². The van der Waals surface area contributed by atoms with E-state index in [0.29, 0.717) is 26.2 Å². The lowest BCUT2D eigenvalue weighted by Crippen LogP contribution is -2.42. The summed E-state index contributed by atoms with van der Waals surface area (Å²) in [6, 6.07) is -0.466. The Labute approximate surface area is 191 Å². The van der Waals surface area contributed by atoms with Crippen molar-refractivity contribution in [2.75, 3.05) is 19.8 Å². The summed E-state index contributed by atoms with van der Waals surface area (Å²) in [5.74, 6) is 0.0194. The lowest BCUT2D eigenvalue weighted by Gasteiger charge is -2.23. The predicted octanol–water partition coefficient (Wildman–Crippen LogP) is 7.27.